The molecule has 3 heteroatoms. The van der Waals surface area contributed by atoms with Crippen molar-refractivity contribution in [1.82, 2.24) is 9.55 Å². The minimum Gasteiger partial charge on any atom is -0.330 e. The quantitative estimate of drug-likeness (QED) is 0.812. The summed E-state index contributed by atoms with van der Waals surface area (Å²) in [5.74, 6) is 0.950. The van der Waals surface area contributed by atoms with Crippen molar-refractivity contribution in [3.8, 4) is 0 Å². The molecular formula is C12H17N3. The lowest BCUT2D eigenvalue weighted by molar-refractivity contribution is 0.695. The molecule has 0 aliphatic rings. The van der Waals surface area contributed by atoms with E-state index in [1.54, 1.807) is 0 Å². The Bertz CT molecular complexity index is 483. The molecule has 0 bridgehead atoms. The minimum absolute atomic E-state index is 0.0212. The zero-order chi connectivity index (χ0) is 11.0. The highest BCUT2D eigenvalue weighted by Gasteiger charge is 2.12. The summed E-state index contributed by atoms with van der Waals surface area (Å²) in [7, 11) is 2.03. The third kappa shape index (κ3) is 1.53. The van der Waals surface area contributed by atoms with Crippen LogP contribution >= 0.6 is 0 Å². The summed E-state index contributed by atoms with van der Waals surface area (Å²) >= 11 is 0. The predicted molar refractivity (Wildman–Crippen MR) is 62.7 cm³/mol. The molecule has 2 N–H and O–H groups in total. The molecule has 0 amide bonds. The Balaban J connectivity index is 2.77. The predicted octanol–water partition coefficient (Wildman–Crippen LogP) is 2.16. The number of aryl methyl sites for hydroxylation is 2. The average Bonchev–Trinajstić information content (AvgIpc) is 2.56. The summed E-state index contributed by atoms with van der Waals surface area (Å²) < 4.78 is 2.11. The van der Waals surface area contributed by atoms with Crippen LogP contribution in [0.3, 0.4) is 0 Å². The van der Waals surface area contributed by atoms with E-state index in [1.807, 2.05) is 20.0 Å². The minimum atomic E-state index is -0.0212. The summed E-state index contributed by atoms with van der Waals surface area (Å²) in [4.78, 5) is 4.56. The number of benzene rings is 1. The Morgan fingerprint density at radius 3 is 2.80 bits per heavy atom. The third-order valence-electron chi connectivity index (χ3n) is 2.80. The first-order valence-electron chi connectivity index (χ1n) is 5.35. The van der Waals surface area contributed by atoms with Gasteiger partial charge in [0, 0.05) is 7.05 Å². The van der Waals surface area contributed by atoms with Crippen molar-refractivity contribution < 1.29 is 0 Å². The lowest BCUT2D eigenvalue weighted by atomic mass is 10.1. The maximum absolute atomic E-state index is 5.89. The number of hydrogen-bond donors (Lipinski definition) is 1. The number of aromatic nitrogens is 2. The van der Waals surface area contributed by atoms with Crippen LogP contribution in [-0.4, -0.2) is 9.55 Å². The highest BCUT2D eigenvalue weighted by atomic mass is 15.1. The van der Waals surface area contributed by atoms with Gasteiger partial charge < -0.3 is 10.3 Å². The van der Waals surface area contributed by atoms with Gasteiger partial charge in [0.25, 0.3) is 0 Å². The summed E-state index contributed by atoms with van der Waals surface area (Å²) in [6, 6.07) is 6.22. The van der Waals surface area contributed by atoms with Crippen LogP contribution < -0.4 is 5.73 Å². The van der Waals surface area contributed by atoms with Crippen LogP contribution in [0.15, 0.2) is 18.2 Å². The van der Waals surface area contributed by atoms with Gasteiger partial charge in [0.2, 0.25) is 0 Å². The highest BCUT2D eigenvalue weighted by Crippen LogP contribution is 2.22. The number of rotatable bonds is 2. The number of fused-ring (bicyclic) bond motifs is 1. The molecule has 1 unspecified atom stereocenters. The molecule has 80 valence electrons. The van der Waals surface area contributed by atoms with Crippen molar-refractivity contribution >= 4 is 11.0 Å². The standard InChI is InChI=1S/C12H17N3/c1-4-9-6-5-7-10-11(9)15(3)12(14-10)8(2)13/h5-8H,4,13H2,1-3H3. The highest BCUT2D eigenvalue weighted by molar-refractivity contribution is 5.79. The first-order chi connectivity index (χ1) is 7.15. The fourth-order valence-corrected chi connectivity index (χ4v) is 2.06. The largest absolute Gasteiger partial charge is 0.330 e. The van der Waals surface area contributed by atoms with Crippen molar-refractivity contribution in [2.45, 2.75) is 26.3 Å². The number of nitrogens with zero attached hydrogens (tertiary/aromatic N) is 2. The fourth-order valence-electron chi connectivity index (χ4n) is 2.06. The Kier molecular flexibility index (Phi) is 2.49. The molecule has 1 aromatic heterocycles. The number of para-hydroxylation sites is 1. The van der Waals surface area contributed by atoms with Crippen LogP contribution in [0.4, 0.5) is 0 Å². The monoisotopic (exact) mass is 203 g/mol. The maximum atomic E-state index is 5.89. The van der Waals surface area contributed by atoms with Gasteiger partial charge in [-0.15, -0.1) is 0 Å². The summed E-state index contributed by atoms with van der Waals surface area (Å²) in [5.41, 5.74) is 9.48. The Hall–Kier alpha value is -1.35. The van der Waals surface area contributed by atoms with Crippen LogP contribution in [0.2, 0.25) is 0 Å². The van der Waals surface area contributed by atoms with Gasteiger partial charge in [0.1, 0.15) is 5.82 Å². The number of nitrogens with two attached hydrogens (primary N) is 1. The molecule has 3 nitrogen and oxygen atoms in total. The fraction of sp³-hybridized carbons (Fsp3) is 0.417. The second kappa shape index (κ2) is 3.66. The maximum Gasteiger partial charge on any atom is 0.126 e. The SMILES string of the molecule is CCc1cccc2nc(C(C)N)n(C)c12. The summed E-state index contributed by atoms with van der Waals surface area (Å²) in [6.45, 7) is 4.13. The Morgan fingerprint density at radius 1 is 1.47 bits per heavy atom. The van der Waals surface area contributed by atoms with E-state index in [1.165, 1.54) is 11.1 Å². The Morgan fingerprint density at radius 2 is 2.20 bits per heavy atom. The first kappa shape index (κ1) is 10.2. The molecule has 15 heavy (non-hydrogen) atoms. The van der Waals surface area contributed by atoms with Crippen molar-refractivity contribution in [3.63, 3.8) is 0 Å². The lowest BCUT2D eigenvalue weighted by Gasteiger charge is -2.06. The van der Waals surface area contributed by atoms with Gasteiger partial charge in [-0.2, -0.15) is 0 Å². The van der Waals surface area contributed by atoms with Gasteiger partial charge in [0.05, 0.1) is 17.1 Å². The van der Waals surface area contributed by atoms with Gasteiger partial charge in [-0.25, -0.2) is 4.98 Å². The molecule has 0 aliphatic heterocycles. The van der Waals surface area contributed by atoms with Crippen LogP contribution in [-0.2, 0) is 13.5 Å². The first-order valence-corrected chi connectivity index (χ1v) is 5.35. The molecule has 0 saturated heterocycles. The normalized spacial score (nSPS) is 13.3. The van der Waals surface area contributed by atoms with Crippen molar-refractivity contribution in [3.05, 3.63) is 29.6 Å². The zero-order valence-electron chi connectivity index (χ0n) is 9.49. The molecule has 2 rings (SSSR count). The van der Waals surface area contributed by atoms with E-state index in [0.717, 1.165) is 17.8 Å². The summed E-state index contributed by atoms with van der Waals surface area (Å²) in [6.07, 6.45) is 1.02. The van der Waals surface area contributed by atoms with Gasteiger partial charge in [0.15, 0.2) is 0 Å². The van der Waals surface area contributed by atoms with Gasteiger partial charge in [-0.05, 0) is 25.0 Å². The van der Waals surface area contributed by atoms with Crippen LogP contribution in [0.5, 0.6) is 0 Å². The molecular weight excluding hydrogens is 186 g/mol. The lowest BCUT2D eigenvalue weighted by Crippen LogP contribution is -2.11. The molecule has 1 atom stereocenters. The molecule has 0 aliphatic carbocycles. The second-order valence-electron chi connectivity index (χ2n) is 3.96. The molecule has 0 radical (unpaired) electrons. The number of hydrogen-bond acceptors (Lipinski definition) is 2. The van der Waals surface area contributed by atoms with Crippen molar-refractivity contribution in [2.24, 2.45) is 12.8 Å². The second-order valence-corrected chi connectivity index (χ2v) is 3.96. The van der Waals surface area contributed by atoms with Crippen molar-refractivity contribution in [1.29, 1.82) is 0 Å². The van der Waals surface area contributed by atoms with Crippen LogP contribution in [0, 0.1) is 0 Å². The topological polar surface area (TPSA) is 43.8 Å². The molecule has 2 aromatic rings. The molecule has 0 saturated carbocycles. The van der Waals surface area contributed by atoms with E-state index in [-0.39, 0.29) is 6.04 Å². The Labute approximate surface area is 89.9 Å². The van der Waals surface area contributed by atoms with Crippen LogP contribution in [0.1, 0.15) is 31.3 Å². The van der Waals surface area contributed by atoms with E-state index < -0.39 is 0 Å². The molecule has 0 spiro atoms. The van der Waals surface area contributed by atoms with E-state index in [4.69, 9.17) is 5.73 Å². The smallest absolute Gasteiger partial charge is 0.126 e. The number of imidazole rings is 1. The van der Waals surface area contributed by atoms with Gasteiger partial charge >= 0.3 is 0 Å². The average molecular weight is 203 g/mol. The molecule has 1 heterocycles. The van der Waals surface area contributed by atoms with E-state index in [9.17, 15) is 0 Å². The van der Waals surface area contributed by atoms with E-state index in [0.29, 0.717) is 0 Å². The van der Waals surface area contributed by atoms with E-state index in [2.05, 4.69) is 28.6 Å². The molecule has 1 aromatic carbocycles. The zero-order valence-corrected chi connectivity index (χ0v) is 9.49. The summed E-state index contributed by atoms with van der Waals surface area (Å²) in [5, 5.41) is 0. The van der Waals surface area contributed by atoms with Gasteiger partial charge in [-0.3, -0.25) is 0 Å². The molecule has 0 fully saturated rings. The third-order valence-corrected chi connectivity index (χ3v) is 2.80. The van der Waals surface area contributed by atoms with E-state index >= 15 is 0 Å². The van der Waals surface area contributed by atoms with Crippen LogP contribution in [0.25, 0.3) is 11.0 Å². The van der Waals surface area contributed by atoms with Gasteiger partial charge in [-0.1, -0.05) is 19.1 Å². The van der Waals surface area contributed by atoms with Crippen molar-refractivity contribution in [2.75, 3.05) is 0 Å².